The molecular weight excluding hydrogens is 180 g/mol. The van der Waals surface area contributed by atoms with Crippen LogP contribution in [-0.2, 0) is 4.74 Å². The van der Waals surface area contributed by atoms with Crippen molar-refractivity contribution in [3.63, 3.8) is 0 Å². The van der Waals surface area contributed by atoms with Crippen LogP contribution in [0.4, 0.5) is 4.79 Å². The molecule has 4 nitrogen and oxygen atoms in total. The van der Waals surface area contributed by atoms with Gasteiger partial charge in [-0.1, -0.05) is 0 Å². The molecule has 0 saturated heterocycles. The molecule has 0 bridgehead atoms. The van der Waals surface area contributed by atoms with Gasteiger partial charge in [0.25, 0.3) is 0 Å². The first-order chi connectivity index (χ1) is 6.39. The van der Waals surface area contributed by atoms with Crippen LogP contribution in [-0.4, -0.2) is 17.7 Å². The Morgan fingerprint density at radius 1 is 1.50 bits per heavy atom. The third-order valence-corrected chi connectivity index (χ3v) is 2.74. The molecule has 0 aliphatic heterocycles. The molecule has 0 aromatic heterocycles. The molecule has 1 aliphatic carbocycles. The third-order valence-electron chi connectivity index (χ3n) is 2.74. The first kappa shape index (κ1) is 11.3. The van der Waals surface area contributed by atoms with Crippen LogP contribution in [0.2, 0.25) is 0 Å². The summed E-state index contributed by atoms with van der Waals surface area (Å²) in [7, 11) is 0. The van der Waals surface area contributed by atoms with E-state index in [4.69, 9.17) is 16.2 Å². The Labute approximate surface area is 85.0 Å². The Morgan fingerprint density at radius 3 is 2.57 bits per heavy atom. The zero-order valence-electron chi connectivity index (χ0n) is 8.95. The van der Waals surface area contributed by atoms with Crippen LogP contribution in [0.1, 0.15) is 39.5 Å². The lowest BCUT2D eigenvalue weighted by atomic mass is 9.92. The Hall–Kier alpha value is -0.770. The first-order valence-corrected chi connectivity index (χ1v) is 5.13. The number of carbonyl (C=O) groups excluding carboxylic acids is 1. The van der Waals surface area contributed by atoms with Crippen molar-refractivity contribution >= 4 is 6.09 Å². The van der Waals surface area contributed by atoms with Gasteiger partial charge in [-0.2, -0.15) is 0 Å². The van der Waals surface area contributed by atoms with Gasteiger partial charge in [-0.05, 0) is 45.4 Å². The summed E-state index contributed by atoms with van der Waals surface area (Å²) in [4.78, 5) is 10.6. The number of hydrogen-bond donors (Lipinski definition) is 2. The van der Waals surface area contributed by atoms with Gasteiger partial charge in [0.1, 0.15) is 5.60 Å². The first-order valence-electron chi connectivity index (χ1n) is 5.13. The van der Waals surface area contributed by atoms with E-state index in [9.17, 15) is 4.79 Å². The highest BCUT2D eigenvalue weighted by Crippen LogP contribution is 2.32. The van der Waals surface area contributed by atoms with Crippen molar-refractivity contribution < 1.29 is 9.53 Å². The molecule has 0 aromatic carbocycles. The van der Waals surface area contributed by atoms with Crippen molar-refractivity contribution in [3.8, 4) is 0 Å². The normalized spacial score (nSPS) is 27.6. The highest BCUT2D eigenvalue weighted by atomic mass is 16.6. The Kier molecular flexibility index (Phi) is 3.37. The Bertz CT molecular complexity index is 216. The number of amides is 1. The van der Waals surface area contributed by atoms with Crippen molar-refractivity contribution in [1.82, 2.24) is 0 Å². The van der Waals surface area contributed by atoms with Crippen LogP contribution >= 0.6 is 0 Å². The maximum atomic E-state index is 10.6. The molecule has 0 radical (unpaired) electrons. The van der Waals surface area contributed by atoms with Gasteiger partial charge in [-0.15, -0.1) is 0 Å². The van der Waals surface area contributed by atoms with E-state index in [0.29, 0.717) is 12.0 Å². The van der Waals surface area contributed by atoms with E-state index < -0.39 is 11.7 Å². The monoisotopic (exact) mass is 200 g/mol. The molecule has 14 heavy (non-hydrogen) atoms. The third kappa shape index (κ3) is 3.54. The predicted molar refractivity (Wildman–Crippen MR) is 54.7 cm³/mol. The highest BCUT2D eigenvalue weighted by Gasteiger charge is 2.30. The van der Waals surface area contributed by atoms with Crippen LogP contribution in [0, 0.1) is 5.92 Å². The lowest BCUT2D eigenvalue weighted by Crippen LogP contribution is -2.33. The smallest absolute Gasteiger partial charge is 0.405 e. The summed E-state index contributed by atoms with van der Waals surface area (Å²) < 4.78 is 5.03. The van der Waals surface area contributed by atoms with E-state index in [2.05, 4.69) is 0 Å². The van der Waals surface area contributed by atoms with E-state index >= 15 is 0 Å². The largest absolute Gasteiger partial charge is 0.444 e. The van der Waals surface area contributed by atoms with Gasteiger partial charge in [0.2, 0.25) is 0 Å². The minimum Gasteiger partial charge on any atom is -0.444 e. The van der Waals surface area contributed by atoms with Crippen LogP contribution in [0.25, 0.3) is 0 Å². The SMILES string of the molecule is CC(C)(C[C@H]1CC[C@H](N)C1)OC(N)=O. The van der Waals surface area contributed by atoms with E-state index in [0.717, 1.165) is 25.7 Å². The van der Waals surface area contributed by atoms with Crippen molar-refractivity contribution in [2.75, 3.05) is 0 Å². The summed E-state index contributed by atoms with van der Waals surface area (Å²) in [6.07, 6.45) is 3.40. The van der Waals surface area contributed by atoms with Gasteiger partial charge in [0, 0.05) is 6.04 Å². The summed E-state index contributed by atoms with van der Waals surface area (Å²) in [5, 5.41) is 0. The molecule has 2 atom stereocenters. The second-order valence-electron chi connectivity index (χ2n) is 4.82. The van der Waals surface area contributed by atoms with E-state index in [1.165, 1.54) is 0 Å². The lowest BCUT2D eigenvalue weighted by molar-refractivity contribution is 0.0270. The Balaban J connectivity index is 2.38. The summed E-state index contributed by atoms with van der Waals surface area (Å²) >= 11 is 0. The molecule has 4 heteroatoms. The quantitative estimate of drug-likeness (QED) is 0.722. The summed E-state index contributed by atoms with van der Waals surface area (Å²) in [6.45, 7) is 3.78. The molecule has 0 unspecified atom stereocenters. The standard InChI is InChI=1S/C10H20N2O2/c1-10(2,14-9(12)13)6-7-3-4-8(11)5-7/h7-8H,3-6,11H2,1-2H3,(H2,12,13)/t7-,8-/m0/s1. The fourth-order valence-electron chi connectivity index (χ4n) is 2.31. The summed E-state index contributed by atoms with van der Waals surface area (Å²) in [6, 6.07) is 0.323. The van der Waals surface area contributed by atoms with Crippen molar-refractivity contribution in [2.24, 2.45) is 17.4 Å². The molecular formula is C10H20N2O2. The van der Waals surface area contributed by atoms with Crippen LogP contribution in [0.5, 0.6) is 0 Å². The average Bonchev–Trinajstić information content (AvgIpc) is 2.30. The van der Waals surface area contributed by atoms with Crippen LogP contribution in [0.3, 0.4) is 0 Å². The molecule has 1 aliphatic rings. The van der Waals surface area contributed by atoms with Crippen LogP contribution < -0.4 is 11.5 Å². The van der Waals surface area contributed by atoms with Gasteiger partial charge in [-0.25, -0.2) is 4.79 Å². The molecule has 1 fully saturated rings. The van der Waals surface area contributed by atoms with Gasteiger partial charge in [-0.3, -0.25) is 0 Å². The second kappa shape index (κ2) is 4.17. The minimum absolute atomic E-state index is 0.323. The Morgan fingerprint density at radius 2 is 2.14 bits per heavy atom. The fraction of sp³-hybridized carbons (Fsp3) is 0.900. The number of hydrogen-bond acceptors (Lipinski definition) is 3. The zero-order valence-corrected chi connectivity index (χ0v) is 8.95. The molecule has 1 saturated carbocycles. The van der Waals surface area contributed by atoms with Crippen molar-refractivity contribution in [1.29, 1.82) is 0 Å². The zero-order chi connectivity index (χ0) is 10.8. The predicted octanol–water partition coefficient (Wildman–Crippen LogP) is 1.38. The lowest BCUT2D eigenvalue weighted by Gasteiger charge is -2.27. The van der Waals surface area contributed by atoms with Gasteiger partial charge < -0.3 is 16.2 Å². The van der Waals surface area contributed by atoms with Gasteiger partial charge in [0.15, 0.2) is 0 Å². The minimum atomic E-state index is -0.697. The molecule has 0 spiro atoms. The number of rotatable bonds is 3. The number of primary amides is 1. The van der Waals surface area contributed by atoms with Crippen molar-refractivity contribution in [2.45, 2.75) is 51.2 Å². The maximum absolute atomic E-state index is 10.6. The topological polar surface area (TPSA) is 78.3 Å². The van der Waals surface area contributed by atoms with Gasteiger partial charge in [0.05, 0.1) is 0 Å². The molecule has 4 N–H and O–H groups in total. The van der Waals surface area contributed by atoms with Crippen molar-refractivity contribution in [3.05, 3.63) is 0 Å². The fourth-order valence-corrected chi connectivity index (χ4v) is 2.31. The molecule has 0 aromatic rings. The summed E-state index contributed by atoms with van der Waals surface area (Å²) in [5.41, 5.74) is 10.3. The van der Waals surface area contributed by atoms with E-state index in [-0.39, 0.29) is 0 Å². The molecule has 1 amide bonds. The summed E-state index contributed by atoms with van der Waals surface area (Å²) in [5.74, 6) is 0.569. The number of carbonyl (C=O) groups is 1. The van der Waals surface area contributed by atoms with E-state index in [1.807, 2.05) is 13.8 Å². The highest BCUT2D eigenvalue weighted by molar-refractivity contribution is 5.65. The van der Waals surface area contributed by atoms with E-state index in [1.54, 1.807) is 0 Å². The number of ether oxygens (including phenoxy) is 1. The molecule has 0 heterocycles. The van der Waals surface area contributed by atoms with Crippen LogP contribution in [0.15, 0.2) is 0 Å². The van der Waals surface area contributed by atoms with Gasteiger partial charge >= 0.3 is 6.09 Å². The molecule has 1 rings (SSSR count). The molecule has 82 valence electrons. The average molecular weight is 200 g/mol. The number of nitrogens with two attached hydrogens (primary N) is 2. The maximum Gasteiger partial charge on any atom is 0.405 e. The second-order valence-corrected chi connectivity index (χ2v) is 4.82.